The topological polar surface area (TPSA) is 29.1 Å². The summed E-state index contributed by atoms with van der Waals surface area (Å²) in [5.41, 5.74) is 2.57. The Kier molecular flexibility index (Phi) is 5.34. The van der Waals surface area contributed by atoms with Crippen molar-refractivity contribution in [1.29, 1.82) is 0 Å². The van der Waals surface area contributed by atoms with Crippen LogP contribution in [-0.2, 0) is 4.79 Å². The zero-order valence-corrected chi connectivity index (χ0v) is 15.1. The number of carbonyl (C=O) groups excluding carboxylic acids is 1. The molecular formula is C20H15BrClNO. The van der Waals surface area contributed by atoms with E-state index in [1.54, 1.807) is 6.07 Å². The number of carbonyl (C=O) groups is 1. The summed E-state index contributed by atoms with van der Waals surface area (Å²) in [6.07, 6.45) is 0. The molecule has 0 aromatic heterocycles. The molecule has 120 valence electrons. The van der Waals surface area contributed by atoms with Crippen LogP contribution in [0.3, 0.4) is 0 Å². The lowest BCUT2D eigenvalue weighted by Crippen LogP contribution is -2.22. The standard InChI is InChI=1S/C20H15BrClNO/c21-17-12-11-16(13-18(17)22)23-20(24)19(14-7-3-1-4-8-14)15-9-5-2-6-10-15/h1-13,19H,(H,23,24). The van der Waals surface area contributed by atoms with Crippen LogP contribution in [0.1, 0.15) is 17.0 Å². The Morgan fingerprint density at radius 2 is 1.42 bits per heavy atom. The van der Waals surface area contributed by atoms with Crippen LogP contribution in [0.2, 0.25) is 5.02 Å². The van der Waals surface area contributed by atoms with Gasteiger partial charge in [-0.25, -0.2) is 0 Å². The maximum Gasteiger partial charge on any atom is 0.236 e. The minimum Gasteiger partial charge on any atom is -0.325 e. The Labute approximate surface area is 154 Å². The number of halogens is 2. The van der Waals surface area contributed by atoms with Gasteiger partial charge in [-0.05, 0) is 45.3 Å². The molecule has 0 fully saturated rings. The second-order valence-electron chi connectivity index (χ2n) is 5.37. The lowest BCUT2D eigenvalue weighted by atomic mass is 9.90. The predicted octanol–water partition coefficient (Wildman–Crippen LogP) is 5.87. The lowest BCUT2D eigenvalue weighted by Gasteiger charge is -2.18. The monoisotopic (exact) mass is 399 g/mol. The fourth-order valence-electron chi connectivity index (χ4n) is 2.57. The average Bonchev–Trinajstić information content (AvgIpc) is 2.60. The highest BCUT2D eigenvalue weighted by Crippen LogP contribution is 2.29. The summed E-state index contributed by atoms with van der Waals surface area (Å²) < 4.78 is 0.796. The van der Waals surface area contributed by atoms with Crippen LogP contribution in [0.5, 0.6) is 0 Å². The van der Waals surface area contributed by atoms with Crippen LogP contribution >= 0.6 is 27.5 Å². The fraction of sp³-hybridized carbons (Fsp3) is 0.0500. The molecule has 0 spiro atoms. The van der Waals surface area contributed by atoms with Crippen LogP contribution in [-0.4, -0.2) is 5.91 Å². The van der Waals surface area contributed by atoms with E-state index >= 15 is 0 Å². The Morgan fingerprint density at radius 1 is 0.875 bits per heavy atom. The first kappa shape index (κ1) is 16.7. The summed E-state index contributed by atoms with van der Waals surface area (Å²) in [6, 6.07) is 24.9. The second-order valence-corrected chi connectivity index (χ2v) is 6.63. The third-order valence-corrected chi connectivity index (χ3v) is 4.95. The van der Waals surface area contributed by atoms with Gasteiger partial charge in [0.2, 0.25) is 5.91 Å². The van der Waals surface area contributed by atoms with Gasteiger partial charge in [-0.3, -0.25) is 4.79 Å². The smallest absolute Gasteiger partial charge is 0.236 e. The first-order valence-corrected chi connectivity index (χ1v) is 8.68. The number of anilines is 1. The van der Waals surface area contributed by atoms with Gasteiger partial charge in [0, 0.05) is 10.2 Å². The first-order chi connectivity index (χ1) is 11.6. The molecule has 0 heterocycles. The van der Waals surface area contributed by atoms with Gasteiger partial charge in [-0.15, -0.1) is 0 Å². The molecule has 0 aliphatic rings. The van der Waals surface area contributed by atoms with Crippen molar-refractivity contribution in [2.24, 2.45) is 0 Å². The number of nitrogens with one attached hydrogen (secondary N) is 1. The molecule has 24 heavy (non-hydrogen) atoms. The molecule has 1 N–H and O–H groups in total. The van der Waals surface area contributed by atoms with Gasteiger partial charge < -0.3 is 5.32 Å². The molecule has 0 unspecified atom stereocenters. The van der Waals surface area contributed by atoms with Gasteiger partial charge in [0.1, 0.15) is 0 Å². The van der Waals surface area contributed by atoms with Gasteiger partial charge in [-0.2, -0.15) is 0 Å². The molecule has 0 bridgehead atoms. The molecule has 3 aromatic rings. The number of hydrogen-bond acceptors (Lipinski definition) is 1. The number of benzene rings is 3. The minimum absolute atomic E-state index is 0.0919. The maximum absolute atomic E-state index is 12.9. The SMILES string of the molecule is O=C(Nc1ccc(Br)c(Cl)c1)C(c1ccccc1)c1ccccc1. The summed E-state index contributed by atoms with van der Waals surface area (Å²) in [5.74, 6) is -0.472. The van der Waals surface area contributed by atoms with Crippen LogP contribution in [0.4, 0.5) is 5.69 Å². The number of hydrogen-bond donors (Lipinski definition) is 1. The maximum atomic E-state index is 12.9. The van der Waals surface area contributed by atoms with Gasteiger partial charge >= 0.3 is 0 Å². The third kappa shape index (κ3) is 3.86. The summed E-state index contributed by atoms with van der Waals surface area (Å²) >= 11 is 9.47. The van der Waals surface area contributed by atoms with E-state index in [9.17, 15) is 4.79 Å². The van der Waals surface area contributed by atoms with Crippen molar-refractivity contribution >= 4 is 39.1 Å². The van der Waals surface area contributed by atoms with Gasteiger partial charge in [0.05, 0.1) is 10.9 Å². The highest BCUT2D eigenvalue weighted by Gasteiger charge is 2.22. The van der Waals surface area contributed by atoms with Crippen molar-refractivity contribution in [2.45, 2.75) is 5.92 Å². The normalized spacial score (nSPS) is 10.6. The molecule has 0 aliphatic carbocycles. The van der Waals surface area contributed by atoms with E-state index < -0.39 is 0 Å². The van der Waals surface area contributed by atoms with Crippen LogP contribution in [0.25, 0.3) is 0 Å². The molecule has 2 nitrogen and oxygen atoms in total. The molecule has 4 heteroatoms. The van der Waals surface area contributed by atoms with Crippen molar-refractivity contribution in [3.8, 4) is 0 Å². The van der Waals surface area contributed by atoms with E-state index in [0.29, 0.717) is 10.7 Å². The summed E-state index contributed by atoms with van der Waals surface area (Å²) in [4.78, 5) is 12.9. The zero-order valence-electron chi connectivity index (χ0n) is 12.7. The molecule has 1 amide bonds. The molecule has 0 saturated carbocycles. The molecule has 3 aromatic carbocycles. The van der Waals surface area contributed by atoms with Crippen molar-refractivity contribution in [3.63, 3.8) is 0 Å². The molecule has 3 rings (SSSR count). The highest BCUT2D eigenvalue weighted by molar-refractivity contribution is 9.10. The first-order valence-electron chi connectivity index (χ1n) is 7.51. The van der Waals surface area contributed by atoms with E-state index in [-0.39, 0.29) is 11.8 Å². The summed E-state index contributed by atoms with van der Waals surface area (Å²) in [7, 11) is 0. The lowest BCUT2D eigenvalue weighted by molar-refractivity contribution is -0.116. The largest absolute Gasteiger partial charge is 0.325 e. The molecule has 0 atom stereocenters. The minimum atomic E-state index is -0.380. The van der Waals surface area contributed by atoms with E-state index in [1.165, 1.54) is 0 Å². The number of amides is 1. The Hall–Kier alpha value is -2.10. The average molecular weight is 401 g/mol. The van der Waals surface area contributed by atoms with Gasteiger partial charge in [0.25, 0.3) is 0 Å². The van der Waals surface area contributed by atoms with Crippen LogP contribution < -0.4 is 5.32 Å². The Morgan fingerprint density at radius 3 is 1.92 bits per heavy atom. The summed E-state index contributed by atoms with van der Waals surface area (Å²) in [6.45, 7) is 0. The third-order valence-electron chi connectivity index (χ3n) is 3.72. The zero-order chi connectivity index (χ0) is 16.9. The predicted molar refractivity (Wildman–Crippen MR) is 103 cm³/mol. The quantitative estimate of drug-likeness (QED) is 0.583. The van der Waals surface area contributed by atoms with Crippen molar-refractivity contribution in [2.75, 3.05) is 5.32 Å². The van der Waals surface area contributed by atoms with E-state index in [4.69, 9.17) is 11.6 Å². The van der Waals surface area contributed by atoms with E-state index in [1.807, 2.05) is 72.8 Å². The molecule has 0 aliphatic heterocycles. The Bertz CT molecular complexity index is 797. The number of rotatable bonds is 4. The fourth-order valence-corrected chi connectivity index (χ4v) is 3.00. The van der Waals surface area contributed by atoms with Crippen LogP contribution in [0, 0.1) is 0 Å². The van der Waals surface area contributed by atoms with Gasteiger partial charge in [-0.1, -0.05) is 72.3 Å². The van der Waals surface area contributed by atoms with Crippen molar-refractivity contribution in [1.82, 2.24) is 0 Å². The van der Waals surface area contributed by atoms with E-state index in [0.717, 1.165) is 15.6 Å². The molecular weight excluding hydrogens is 386 g/mol. The van der Waals surface area contributed by atoms with Gasteiger partial charge in [0.15, 0.2) is 0 Å². The molecule has 0 saturated heterocycles. The Balaban J connectivity index is 1.93. The second kappa shape index (κ2) is 7.65. The van der Waals surface area contributed by atoms with Crippen molar-refractivity contribution < 1.29 is 4.79 Å². The highest BCUT2D eigenvalue weighted by atomic mass is 79.9. The molecule has 0 radical (unpaired) electrons. The summed E-state index contributed by atoms with van der Waals surface area (Å²) in [5, 5.41) is 3.52. The van der Waals surface area contributed by atoms with Crippen LogP contribution in [0.15, 0.2) is 83.3 Å². The van der Waals surface area contributed by atoms with Crippen molar-refractivity contribution in [3.05, 3.63) is 99.5 Å². The van der Waals surface area contributed by atoms with E-state index in [2.05, 4.69) is 21.2 Å².